The van der Waals surface area contributed by atoms with Crippen LogP contribution in [0.2, 0.25) is 0 Å². The van der Waals surface area contributed by atoms with E-state index in [0.717, 1.165) is 0 Å². The molecule has 7 N–H and O–H groups in total. The molecule has 1 unspecified atom stereocenters. The number of ether oxygens (including phenoxy) is 3. The average molecular weight is 368 g/mol. The first kappa shape index (κ1) is 20.9. The lowest BCUT2D eigenvalue weighted by Gasteiger charge is -2.49. The second kappa shape index (κ2) is 8.09. The summed E-state index contributed by atoms with van der Waals surface area (Å²) in [5.41, 5.74) is -0.661. The highest BCUT2D eigenvalue weighted by molar-refractivity contribution is 4.97. The predicted molar refractivity (Wildman–Crippen MR) is 81.3 cm³/mol. The Kier molecular flexibility index (Phi) is 6.77. The number of hydrogen-bond acceptors (Lipinski definition) is 10. The summed E-state index contributed by atoms with van der Waals surface area (Å²) in [5, 5.41) is 68.6. The highest BCUT2D eigenvalue weighted by atomic mass is 16.7. The molecule has 25 heavy (non-hydrogen) atoms. The van der Waals surface area contributed by atoms with Crippen LogP contribution in [-0.2, 0) is 14.2 Å². The van der Waals surface area contributed by atoms with Crippen LogP contribution in [0.4, 0.5) is 0 Å². The minimum atomic E-state index is -1.68. The van der Waals surface area contributed by atoms with Gasteiger partial charge in [0.2, 0.25) is 0 Å². The van der Waals surface area contributed by atoms with Gasteiger partial charge in [-0.3, -0.25) is 0 Å². The summed E-state index contributed by atoms with van der Waals surface area (Å²) in [5.74, 6) is -0.399. The Morgan fingerprint density at radius 2 is 1.72 bits per heavy atom. The number of hydrogen-bond donors (Lipinski definition) is 7. The van der Waals surface area contributed by atoms with Crippen molar-refractivity contribution in [3.63, 3.8) is 0 Å². The lowest BCUT2D eigenvalue weighted by atomic mass is 9.79. The van der Waals surface area contributed by atoms with Gasteiger partial charge in [0, 0.05) is 5.92 Å². The SMILES string of the molecule is CC1(C)OCC1[C@@H](O)[C@H](O[C@H]1O[C@H](CO)[C@@H](O)[C@H](O)[C@H]1O)[C@H](O)CO. The zero-order valence-electron chi connectivity index (χ0n) is 14.2. The Labute approximate surface area is 145 Å². The fraction of sp³-hybridized carbons (Fsp3) is 1.00. The van der Waals surface area contributed by atoms with Crippen molar-refractivity contribution in [1.82, 2.24) is 0 Å². The maximum atomic E-state index is 10.5. The molecule has 2 aliphatic rings. The molecule has 0 aromatic heterocycles. The highest BCUT2D eigenvalue weighted by Crippen LogP contribution is 2.37. The van der Waals surface area contributed by atoms with E-state index in [1.165, 1.54) is 0 Å². The van der Waals surface area contributed by atoms with Gasteiger partial charge in [0.1, 0.15) is 36.6 Å². The molecule has 10 heteroatoms. The van der Waals surface area contributed by atoms with Crippen LogP contribution in [0.5, 0.6) is 0 Å². The standard InChI is InChI=1S/C15H28O10/c1-15(2)6(5-23-15)9(19)13(7(18)3-16)25-14-12(22)11(21)10(20)8(4-17)24-14/h6-14,16-22H,3-5H2,1-2H3/t6?,7-,8-,9-,10-,11+,12-,13-,14-/m1/s1. The van der Waals surface area contributed by atoms with Gasteiger partial charge in [-0.1, -0.05) is 0 Å². The summed E-state index contributed by atoms with van der Waals surface area (Å²) in [6.07, 6.45) is -11.7. The van der Waals surface area contributed by atoms with Gasteiger partial charge in [-0.05, 0) is 13.8 Å². The molecule has 2 aliphatic heterocycles. The molecule has 0 spiro atoms. The average Bonchev–Trinajstić information content (AvgIpc) is 2.57. The predicted octanol–water partition coefficient (Wildman–Crippen LogP) is -3.69. The van der Waals surface area contributed by atoms with Crippen LogP contribution in [0.3, 0.4) is 0 Å². The first-order valence-corrected chi connectivity index (χ1v) is 8.21. The van der Waals surface area contributed by atoms with Crippen LogP contribution in [0, 0.1) is 5.92 Å². The molecule has 0 aliphatic carbocycles. The molecule has 2 fully saturated rings. The quantitative estimate of drug-likeness (QED) is 0.237. The second-order valence-electron chi connectivity index (χ2n) is 7.06. The zero-order valence-corrected chi connectivity index (χ0v) is 14.2. The molecule has 2 heterocycles. The first-order valence-electron chi connectivity index (χ1n) is 8.21. The molecule has 0 radical (unpaired) electrons. The number of rotatable bonds is 7. The summed E-state index contributed by atoms with van der Waals surface area (Å²) in [6, 6.07) is 0. The minimum absolute atomic E-state index is 0.223. The van der Waals surface area contributed by atoms with E-state index in [2.05, 4.69) is 0 Å². The fourth-order valence-corrected chi connectivity index (χ4v) is 3.09. The summed E-state index contributed by atoms with van der Waals surface area (Å²) in [4.78, 5) is 0. The Bertz CT molecular complexity index is 431. The van der Waals surface area contributed by atoms with E-state index in [4.69, 9.17) is 14.2 Å². The van der Waals surface area contributed by atoms with Crippen LogP contribution in [0.1, 0.15) is 13.8 Å². The molecule has 0 saturated carbocycles. The van der Waals surface area contributed by atoms with Crippen molar-refractivity contribution in [2.75, 3.05) is 19.8 Å². The number of aliphatic hydroxyl groups excluding tert-OH is 7. The van der Waals surface area contributed by atoms with Gasteiger partial charge in [-0.2, -0.15) is 0 Å². The van der Waals surface area contributed by atoms with E-state index in [1.54, 1.807) is 13.8 Å². The summed E-state index contributed by atoms with van der Waals surface area (Å²) >= 11 is 0. The van der Waals surface area contributed by atoms with Gasteiger partial charge in [-0.15, -0.1) is 0 Å². The van der Waals surface area contributed by atoms with E-state index >= 15 is 0 Å². The molecule has 2 saturated heterocycles. The van der Waals surface area contributed by atoms with Gasteiger partial charge in [0.15, 0.2) is 6.29 Å². The maximum Gasteiger partial charge on any atom is 0.187 e. The lowest BCUT2D eigenvalue weighted by molar-refractivity contribution is -0.334. The van der Waals surface area contributed by atoms with Crippen molar-refractivity contribution < 1.29 is 50.0 Å². The molecule has 0 amide bonds. The Balaban J connectivity index is 2.13. The van der Waals surface area contributed by atoms with Crippen LogP contribution < -0.4 is 0 Å². The first-order chi connectivity index (χ1) is 11.6. The summed E-state index contributed by atoms with van der Waals surface area (Å²) in [7, 11) is 0. The van der Waals surface area contributed by atoms with Crippen molar-refractivity contribution >= 4 is 0 Å². The fourth-order valence-electron chi connectivity index (χ4n) is 3.09. The molecule has 9 atom stereocenters. The van der Waals surface area contributed by atoms with Crippen molar-refractivity contribution in [3.05, 3.63) is 0 Å². The van der Waals surface area contributed by atoms with E-state index in [1.807, 2.05) is 0 Å². The lowest BCUT2D eigenvalue weighted by Crippen LogP contribution is -2.63. The maximum absolute atomic E-state index is 10.5. The van der Waals surface area contributed by atoms with Crippen LogP contribution in [0.15, 0.2) is 0 Å². The van der Waals surface area contributed by atoms with Crippen molar-refractivity contribution in [3.8, 4) is 0 Å². The van der Waals surface area contributed by atoms with Crippen molar-refractivity contribution in [2.45, 2.75) is 68.5 Å². The van der Waals surface area contributed by atoms with Crippen molar-refractivity contribution in [1.29, 1.82) is 0 Å². The topological polar surface area (TPSA) is 169 Å². The largest absolute Gasteiger partial charge is 0.394 e. The van der Waals surface area contributed by atoms with Crippen LogP contribution >= 0.6 is 0 Å². The smallest absolute Gasteiger partial charge is 0.187 e. The molecular weight excluding hydrogens is 340 g/mol. The van der Waals surface area contributed by atoms with Gasteiger partial charge in [-0.25, -0.2) is 0 Å². The molecule has 2 rings (SSSR count). The molecule has 148 valence electrons. The van der Waals surface area contributed by atoms with Gasteiger partial charge < -0.3 is 50.0 Å². The number of aliphatic hydroxyl groups is 7. The van der Waals surface area contributed by atoms with Crippen LogP contribution in [-0.4, -0.2) is 110 Å². The highest BCUT2D eigenvalue weighted by Gasteiger charge is 2.51. The Morgan fingerprint density at radius 1 is 1.08 bits per heavy atom. The van der Waals surface area contributed by atoms with E-state index in [9.17, 15) is 35.7 Å². The van der Waals surface area contributed by atoms with Crippen LogP contribution in [0.25, 0.3) is 0 Å². The normalized spacial score (nSPS) is 41.6. The third kappa shape index (κ3) is 4.14. The molecule has 10 nitrogen and oxygen atoms in total. The molecular formula is C15H28O10. The van der Waals surface area contributed by atoms with E-state index in [-0.39, 0.29) is 6.61 Å². The zero-order chi connectivity index (χ0) is 18.9. The summed E-state index contributed by atoms with van der Waals surface area (Å²) in [6.45, 7) is 2.37. The monoisotopic (exact) mass is 368 g/mol. The second-order valence-corrected chi connectivity index (χ2v) is 7.06. The van der Waals surface area contributed by atoms with E-state index < -0.39 is 73.8 Å². The minimum Gasteiger partial charge on any atom is -0.394 e. The van der Waals surface area contributed by atoms with E-state index in [0.29, 0.717) is 0 Å². The molecule has 0 aromatic rings. The summed E-state index contributed by atoms with van der Waals surface area (Å²) < 4.78 is 16.0. The van der Waals surface area contributed by atoms with Gasteiger partial charge in [0.05, 0.1) is 31.5 Å². The van der Waals surface area contributed by atoms with Crippen molar-refractivity contribution in [2.24, 2.45) is 5.92 Å². The van der Waals surface area contributed by atoms with Gasteiger partial charge >= 0.3 is 0 Å². The Morgan fingerprint density at radius 3 is 2.16 bits per heavy atom. The molecule has 0 bridgehead atoms. The molecule has 0 aromatic carbocycles. The third-order valence-electron chi connectivity index (χ3n) is 4.98. The third-order valence-corrected chi connectivity index (χ3v) is 4.98. The Hall–Kier alpha value is -0.400. The van der Waals surface area contributed by atoms with Gasteiger partial charge in [0.25, 0.3) is 0 Å².